The largest absolute Gasteiger partial charge is 0.444 e. The van der Waals surface area contributed by atoms with E-state index in [1.165, 1.54) is 30.3 Å². The van der Waals surface area contributed by atoms with E-state index in [1.54, 1.807) is 30.3 Å². The standard InChI is InChI=1S/C21H17BrFN3O4/c22-18-9-8-17(30-18)21(29)26-14-5-3-4-13(12-14)19(27)24-10-11-25-20(28)15-6-1-2-7-16(15)23/h1-9,12H,10-11H2,(H,24,27)(H,25,28)(H,26,29). The van der Waals surface area contributed by atoms with Gasteiger partial charge in [0.2, 0.25) is 0 Å². The number of benzene rings is 2. The van der Waals surface area contributed by atoms with Gasteiger partial charge in [0.25, 0.3) is 17.7 Å². The molecule has 7 nitrogen and oxygen atoms in total. The zero-order chi connectivity index (χ0) is 21.5. The van der Waals surface area contributed by atoms with Crippen molar-refractivity contribution in [2.75, 3.05) is 18.4 Å². The monoisotopic (exact) mass is 473 g/mol. The van der Waals surface area contributed by atoms with Crippen molar-refractivity contribution in [2.45, 2.75) is 0 Å². The summed E-state index contributed by atoms with van der Waals surface area (Å²) in [6.07, 6.45) is 0. The van der Waals surface area contributed by atoms with E-state index in [0.717, 1.165) is 0 Å². The molecule has 0 atom stereocenters. The Hall–Kier alpha value is -3.46. The Morgan fingerprint density at radius 3 is 2.30 bits per heavy atom. The second-order valence-electron chi connectivity index (χ2n) is 6.13. The van der Waals surface area contributed by atoms with Crippen LogP contribution in [-0.4, -0.2) is 30.8 Å². The summed E-state index contributed by atoms with van der Waals surface area (Å²) in [7, 11) is 0. The third-order valence-electron chi connectivity index (χ3n) is 3.99. The van der Waals surface area contributed by atoms with Gasteiger partial charge in [-0.25, -0.2) is 4.39 Å². The number of halogens is 2. The van der Waals surface area contributed by atoms with Crippen LogP contribution in [0.15, 0.2) is 69.8 Å². The molecule has 3 aromatic rings. The first-order valence-electron chi connectivity index (χ1n) is 8.92. The van der Waals surface area contributed by atoms with Crippen LogP contribution < -0.4 is 16.0 Å². The van der Waals surface area contributed by atoms with Gasteiger partial charge in [0.15, 0.2) is 10.4 Å². The molecule has 0 saturated carbocycles. The van der Waals surface area contributed by atoms with Crippen molar-refractivity contribution in [3.8, 4) is 0 Å². The lowest BCUT2D eigenvalue weighted by Gasteiger charge is -2.09. The van der Waals surface area contributed by atoms with Crippen molar-refractivity contribution in [1.29, 1.82) is 0 Å². The Morgan fingerprint density at radius 2 is 1.60 bits per heavy atom. The number of nitrogens with one attached hydrogen (secondary N) is 3. The molecule has 0 radical (unpaired) electrons. The average Bonchev–Trinajstić information content (AvgIpc) is 3.18. The van der Waals surface area contributed by atoms with E-state index < -0.39 is 17.6 Å². The molecule has 1 heterocycles. The van der Waals surface area contributed by atoms with Crippen LogP contribution in [0.3, 0.4) is 0 Å². The molecule has 3 N–H and O–H groups in total. The quantitative estimate of drug-likeness (QED) is 0.456. The number of carbonyl (C=O) groups excluding carboxylic acids is 3. The first-order chi connectivity index (χ1) is 14.4. The van der Waals surface area contributed by atoms with E-state index in [4.69, 9.17) is 4.42 Å². The lowest BCUT2D eigenvalue weighted by Crippen LogP contribution is -2.35. The minimum Gasteiger partial charge on any atom is -0.444 e. The highest BCUT2D eigenvalue weighted by Gasteiger charge is 2.13. The molecule has 0 aliphatic carbocycles. The van der Waals surface area contributed by atoms with Gasteiger partial charge in [-0.1, -0.05) is 18.2 Å². The van der Waals surface area contributed by atoms with Crippen LogP contribution in [0.1, 0.15) is 31.3 Å². The van der Waals surface area contributed by atoms with Gasteiger partial charge < -0.3 is 20.4 Å². The van der Waals surface area contributed by atoms with E-state index in [1.807, 2.05) is 0 Å². The normalized spacial score (nSPS) is 10.3. The Balaban J connectivity index is 1.50. The number of anilines is 1. The smallest absolute Gasteiger partial charge is 0.291 e. The summed E-state index contributed by atoms with van der Waals surface area (Å²) in [5, 5.41) is 7.84. The molecule has 30 heavy (non-hydrogen) atoms. The van der Waals surface area contributed by atoms with Crippen molar-refractivity contribution < 1.29 is 23.2 Å². The Bertz CT molecular complexity index is 1080. The van der Waals surface area contributed by atoms with Crippen molar-refractivity contribution in [1.82, 2.24) is 10.6 Å². The minimum atomic E-state index is -0.611. The lowest BCUT2D eigenvalue weighted by molar-refractivity contribution is 0.0925. The van der Waals surface area contributed by atoms with E-state index >= 15 is 0 Å². The fourth-order valence-corrected chi connectivity index (χ4v) is 2.87. The fraction of sp³-hybridized carbons (Fsp3) is 0.0952. The summed E-state index contributed by atoms with van der Waals surface area (Å²) in [5.41, 5.74) is 0.692. The number of amides is 3. The van der Waals surface area contributed by atoms with Gasteiger partial charge in [0.1, 0.15) is 5.82 Å². The third-order valence-corrected chi connectivity index (χ3v) is 4.42. The van der Waals surface area contributed by atoms with E-state index in [9.17, 15) is 18.8 Å². The van der Waals surface area contributed by atoms with E-state index in [2.05, 4.69) is 31.9 Å². The second kappa shape index (κ2) is 9.84. The van der Waals surface area contributed by atoms with Crippen LogP contribution in [0.4, 0.5) is 10.1 Å². The van der Waals surface area contributed by atoms with Crippen molar-refractivity contribution in [3.05, 3.63) is 88.0 Å². The summed E-state index contributed by atoms with van der Waals surface area (Å²) in [4.78, 5) is 36.4. The summed E-state index contributed by atoms with van der Waals surface area (Å²) < 4.78 is 19.2. The first-order valence-corrected chi connectivity index (χ1v) is 9.71. The zero-order valence-corrected chi connectivity index (χ0v) is 17.2. The Labute approximate surface area is 179 Å². The molecule has 0 bridgehead atoms. The van der Waals surface area contributed by atoms with Gasteiger partial charge in [-0.2, -0.15) is 0 Å². The van der Waals surface area contributed by atoms with Gasteiger partial charge in [-0.05, 0) is 58.4 Å². The molecule has 3 rings (SSSR count). The average molecular weight is 474 g/mol. The number of furan rings is 1. The summed E-state index contributed by atoms with van der Waals surface area (Å²) >= 11 is 3.13. The molecule has 0 spiro atoms. The summed E-state index contributed by atoms with van der Waals surface area (Å²) in [6, 6.07) is 15.1. The van der Waals surface area contributed by atoms with Gasteiger partial charge in [0, 0.05) is 24.3 Å². The van der Waals surface area contributed by atoms with Crippen molar-refractivity contribution in [2.24, 2.45) is 0 Å². The van der Waals surface area contributed by atoms with Crippen LogP contribution in [0.2, 0.25) is 0 Å². The third kappa shape index (κ3) is 5.54. The number of rotatable bonds is 7. The highest BCUT2D eigenvalue weighted by Crippen LogP contribution is 2.17. The van der Waals surface area contributed by atoms with E-state index in [0.29, 0.717) is 15.9 Å². The van der Waals surface area contributed by atoms with Crippen LogP contribution >= 0.6 is 15.9 Å². The van der Waals surface area contributed by atoms with Gasteiger partial charge in [0.05, 0.1) is 5.56 Å². The summed E-state index contributed by atoms with van der Waals surface area (Å²) in [5.74, 6) is -1.88. The topological polar surface area (TPSA) is 100 Å². The van der Waals surface area contributed by atoms with Gasteiger partial charge in [-0.15, -0.1) is 0 Å². The van der Waals surface area contributed by atoms with Crippen LogP contribution in [-0.2, 0) is 0 Å². The molecular weight excluding hydrogens is 457 g/mol. The first kappa shape index (κ1) is 21.3. The summed E-state index contributed by atoms with van der Waals surface area (Å²) in [6.45, 7) is 0.277. The molecule has 0 aliphatic heterocycles. The van der Waals surface area contributed by atoms with E-state index in [-0.39, 0.29) is 30.3 Å². The molecule has 0 fully saturated rings. The van der Waals surface area contributed by atoms with Crippen LogP contribution in [0.25, 0.3) is 0 Å². The van der Waals surface area contributed by atoms with Gasteiger partial charge in [-0.3, -0.25) is 14.4 Å². The number of hydrogen-bond donors (Lipinski definition) is 3. The molecule has 1 aromatic heterocycles. The molecular formula is C21H17BrFN3O4. The number of hydrogen-bond acceptors (Lipinski definition) is 4. The van der Waals surface area contributed by atoms with Gasteiger partial charge >= 0.3 is 0 Å². The van der Waals surface area contributed by atoms with Crippen molar-refractivity contribution in [3.63, 3.8) is 0 Å². The maximum atomic E-state index is 13.6. The molecule has 9 heteroatoms. The lowest BCUT2D eigenvalue weighted by atomic mass is 10.2. The minimum absolute atomic E-state index is 0.0594. The predicted octanol–water partition coefficient (Wildman–Crippen LogP) is 3.59. The molecule has 0 saturated heterocycles. The van der Waals surface area contributed by atoms with Crippen LogP contribution in [0, 0.1) is 5.82 Å². The molecule has 3 amide bonds. The zero-order valence-electron chi connectivity index (χ0n) is 15.6. The van der Waals surface area contributed by atoms with Crippen LogP contribution in [0.5, 0.6) is 0 Å². The molecule has 0 aliphatic rings. The molecule has 2 aromatic carbocycles. The number of carbonyl (C=O) groups is 3. The molecule has 0 unspecified atom stereocenters. The fourth-order valence-electron chi connectivity index (χ4n) is 2.56. The highest BCUT2D eigenvalue weighted by atomic mass is 79.9. The second-order valence-corrected chi connectivity index (χ2v) is 6.91. The SMILES string of the molecule is O=C(NCCNC(=O)c1ccccc1F)c1cccc(NC(=O)c2ccc(Br)o2)c1. The Morgan fingerprint density at radius 1 is 0.867 bits per heavy atom. The maximum Gasteiger partial charge on any atom is 0.291 e. The van der Waals surface area contributed by atoms with Crippen molar-refractivity contribution >= 4 is 39.3 Å². The Kier molecular flexibility index (Phi) is 6.97. The maximum absolute atomic E-state index is 13.6. The molecule has 154 valence electrons. The predicted molar refractivity (Wildman–Crippen MR) is 112 cm³/mol. The highest BCUT2D eigenvalue weighted by molar-refractivity contribution is 9.10.